The number of nitrogens with two attached hydrogens (primary N) is 1. The van der Waals surface area contributed by atoms with Gasteiger partial charge in [-0.2, -0.15) is 26.3 Å². The molecule has 3 nitrogen and oxygen atoms in total. The van der Waals surface area contributed by atoms with Crippen LogP contribution in [0.5, 0.6) is 5.75 Å². The second-order valence-electron chi connectivity index (χ2n) is 6.57. The first-order chi connectivity index (χ1) is 13.6. The van der Waals surface area contributed by atoms with Gasteiger partial charge in [0, 0.05) is 23.6 Å². The number of hydrogen-bond donors (Lipinski definition) is 2. The molecule has 0 fully saturated rings. The standard InChI is InChI=1S/C20H18F6N2O/c21-19(22,23)11-29-18-3-1-2-12(9-27)16(18)6-4-13-10-28-17-8-14(20(24,25)26)5-7-15(13)17/h1-3,5,7-8,10,28H,4,6,9,11,27H2. The highest BCUT2D eigenvalue weighted by Gasteiger charge is 2.31. The molecule has 0 saturated heterocycles. The topological polar surface area (TPSA) is 51.0 Å². The van der Waals surface area contributed by atoms with Crippen molar-refractivity contribution >= 4 is 10.9 Å². The summed E-state index contributed by atoms with van der Waals surface area (Å²) in [5.74, 6) is 0.101. The van der Waals surface area contributed by atoms with Crippen LogP contribution < -0.4 is 10.5 Å². The van der Waals surface area contributed by atoms with Gasteiger partial charge < -0.3 is 15.5 Å². The molecule has 0 aliphatic rings. The SMILES string of the molecule is NCc1cccc(OCC(F)(F)F)c1CCc1c[nH]c2cc(C(F)(F)F)ccc12. The highest BCUT2D eigenvalue weighted by Crippen LogP contribution is 2.33. The summed E-state index contributed by atoms with van der Waals surface area (Å²) in [5, 5.41) is 0.626. The molecule has 0 aliphatic carbocycles. The number of hydrogen-bond acceptors (Lipinski definition) is 2. The van der Waals surface area contributed by atoms with Gasteiger partial charge in [0.05, 0.1) is 5.56 Å². The number of alkyl halides is 6. The molecule has 156 valence electrons. The molecule has 1 heterocycles. The Morgan fingerprint density at radius 3 is 2.34 bits per heavy atom. The average Bonchev–Trinajstić information content (AvgIpc) is 3.05. The van der Waals surface area contributed by atoms with Crippen LogP contribution in [0.25, 0.3) is 10.9 Å². The fourth-order valence-electron chi connectivity index (χ4n) is 3.21. The van der Waals surface area contributed by atoms with Crippen molar-refractivity contribution in [2.24, 2.45) is 5.73 Å². The molecule has 0 radical (unpaired) electrons. The molecular weight excluding hydrogens is 398 g/mol. The Hall–Kier alpha value is -2.68. The minimum Gasteiger partial charge on any atom is -0.484 e. The Morgan fingerprint density at radius 1 is 0.931 bits per heavy atom. The molecule has 3 aromatic rings. The van der Waals surface area contributed by atoms with Crippen LogP contribution in [-0.4, -0.2) is 17.8 Å². The lowest BCUT2D eigenvalue weighted by Gasteiger charge is -2.16. The van der Waals surface area contributed by atoms with Crippen molar-refractivity contribution in [3.63, 3.8) is 0 Å². The lowest BCUT2D eigenvalue weighted by Crippen LogP contribution is -2.20. The molecular formula is C20H18F6N2O. The Balaban J connectivity index is 1.84. The number of benzene rings is 2. The number of aromatic nitrogens is 1. The monoisotopic (exact) mass is 416 g/mol. The van der Waals surface area contributed by atoms with Gasteiger partial charge in [0.2, 0.25) is 0 Å². The van der Waals surface area contributed by atoms with Crippen molar-refractivity contribution in [2.45, 2.75) is 31.7 Å². The third-order valence-electron chi connectivity index (χ3n) is 4.58. The van der Waals surface area contributed by atoms with E-state index in [1.54, 1.807) is 18.3 Å². The zero-order valence-corrected chi connectivity index (χ0v) is 15.1. The highest BCUT2D eigenvalue weighted by molar-refractivity contribution is 5.84. The summed E-state index contributed by atoms with van der Waals surface area (Å²) in [4.78, 5) is 2.82. The maximum atomic E-state index is 12.9. The minimum absolute atomic E-state index is 0.101. The average molecular weight is 416 g/mol. The Morgan fingerprint density at radius 2 is 1.69 bits per heavy atom. The molecule has 0 bridgehead atoms. The molecule has 0 amide bonds. The molecule has 0 atom stereocenters. The molecule has 1 aromatic heterocycles. The van der Waals surface area contributed by atoms with E-state index in [-0.39, 0.29) is 12.3 Å². The summed E-state index contributed by atoms with van der Waals surface area (Å²) in [6.45, 7) is -1.29. The number of ether oxygens (including phenoxy) is 1. The van der Waals surface area contributed by atoms with Gasteiger partial charge >= 0.3 is 12.4 Å². The highest BCUT2D eigenvalue weighted by atomic mass is 19.4. The van der Waals surface area contributed by atoms with E-state index in [1.165, 1.54) is 12.1 Å². The van der Waals surface area contributed by atoms with E-state index >= 15 is 0 Å². The molecule has 9 heteroatoms. The van der Waals surface area contributed by atoms with E-state index in [2.05, 4.69) is 4.98 Å². The molecule has 29 heavy (non-hydrogen) atoms. The Kier molecular flexibility index (Phi) is 5.79. The normalized spacial score (nSPS) is 12.5. The van der Waals surface area contributed by atoms with Gasteiger partial charge in [-0.25, -0.2) is 0 Å². The maximum Gasteiger partial charge on any atom is 0.422 e. The van der Waals surface area contributed by atoms with Gasteiger partial charge in [-0.05, 0) is 47.7 Å². The zero-order valence-electron chi connectivity index (χ0n) is 15.1. The fraction of sp³-hybridized carbons (Fsp3) is 0.300. The number of fused-ring (bicyclic) bond motifs is 1. The van der Waals surface area contributed by atoms with Gasteiger partial charge in [0.15, 0.2) is 6.61 Å². The van der Waals surface area contributed by atoms with Crippen molar-refractivity contribution in [1.29, 1.82) is 0 Å². The van der Waals surface area contributed by atoms with Crippen LogP contribution in [0.1, 0.15) is 22.3 Å². The first-order valence-corrected chi connectivity index (χ1v) is 8.76. The quantitative estimate of drug-likeness (QED) is 0.531. The smallest absolute Gasteiger partial charge is 0.422 e. The number of halogens is 6. The van der Waals surface area contributed by atoms with E-state index < -0.39 is 24.5 Å². The molecule has 2 aromatic carbocycles. The van der Waals surface area contributed by atoms with Crippen LogP contribution in [0, 0.1) is 0 Å². The number of aromatic amines is 1. The largest absolute Gasteiger partial charge is 0.484 e. The summed E-state index contributed by atoms with van der Waals surface area (Å²) in [6, 6.07) is 8.16. The predicted octanol–water partition coefficient (Wildman–Crippen LogP) is 5.37. The van der Waals surface area contributed by atoms with E-state index in [0.717, 1.165) is 17.7 Å². The molecule has 3 rings (SSSR count). The number of rotatable bonds is 6. The van der Waals surface area contributed by atoms with Crippen LogP contribution >= 0.6 is 0 Å². The molecule has 0 aliphatic heterocycles. The summed E-state index contributed by atoms with van der Waals surface area (Å²) in [5.41, 5.74) is 7.26. The van der Waals surface area contributed by atoms with E-state index in [1.807, 2.05) is 0 Å². The molecule has 0 saturated carbocycles. The van der Waals surface area contributed by atoms with Crippen molar-refractivity contribution in [1.82, 2.24) is 4.98 Å². The number of H-pyrrole nitrogens is 1. The van der Waals surface area contributed by atoms with Gasteiger partial charge in [-0.15, -0.1) is 0 Å². The third kappa shape index (κ3) is 5.03. The fourth-order valence-corrected chi connectivity index (χ4v) is 3.21. The van der Waals surface area contributed by atoms with Gasteiger partial charge in [0.1, 0.15) is 5.75 Å². The first-order valence-electron chi connectivity index (χ1n) is 8.76. The Bertz CT molecular complexity index is 991. The van der Waals surface area contributed by atoms with E-state index in [4.69, 9.17) is 10.5 Å². The van der Waals surface area contributed by atoms with Crippen LogP contribution in [0.3, 0.4) is 0 Å². The summed E-state index contributed by atoms with van der Waals surface area (Å²) in [6.07, 6.45) is -6.58. The molecule has 0 unspecified atom stereocenters. The van der Waals surface area contributed by atoms with Crippen LogP contribution in [0.2, 0.25) is 0 Å². The zero-order chi connectivity index (χ0) is 21.2. The maximum absolute atomic E-state index is 12.9. The molecule has 0 spiro atoms. The van der Waals surface area contributed by atoms with E-state index in [0.29, 0.717) is 34.9 Å². The van der Waals surface area contributed by atoms with Crippen LogP contribution in [-0.2, 0) is 25.6 Å². The first kappa shape index (κ1) is 21.0. The lowest BCUT2D eigenvalue weighted by molar-refractivity contribution is -0.153. The molecule has 3 N–H and O–H groups in total. The Labute approximate surface area is 162 Å². The predicted molar refractivity (Wildman–Crippen MR) is 96.6 cm³/mol. The van der Waals surface area contributed by atoms with E-state index in [9.17, 15) is 26.3 Å². The third-order valence-corrected chi connectivity index (χ3v) is 4.58. The minimum atomic E-state index is -4.47. The summed E-state index contributed by atoms with van der Waals surface area (Å²) >= 11 is 0. The van der Waals surface area contributed by atoms with Gasteiger partial charge in [-0.3, -0.25) is 0 Å². The van der Waals surface area contributed by atoms with Gasteiger partial charge in [0.25, 0.3) is 0 Å². The lowest BCUT2D eigenvalue weighted by atomic mass is 9.98. The van der Waals surface area contributed by atoms with Gasteiger partial charge in [-0.1, -0.05) is 18.2 Å². The van der Waals surface area contributed by atoms with Crippen LogP contribution in [0.4, 0.5) is 26.3 Å². The number of nitrogens with one attached hydrogen (secondary N) is 1. The number of aryl methyl sites for hydroxylation is 1. The second kappa shape index (κ2) is 7.98. The van der Waals surface area contributed by atoms with Crippen molar-refractivity contribution in [3.8, 4) is 5.75 Å². The van der Waals surface area contributed by atoms with Crippen molar-refractivity contribution in [3.05, 3.63) is 64.8 Å². The summed E-state index contributed by atoms with van der Waals surface area (Å²) in [7, 11) is 0. The van der Waals surface area contributed by atoms with Crippen molar-refractivity contribution < 1.29 is 31.1 Å². The van der Waals surface area contributed by atoms with Crippen molar-refractivity contribution in [2.75, 3.05) is 6.61 Å². The summed E-state index contributed by atoms with van der Waals surface area (Å²) < 4.78 is 81.1. The van der Waals surface area contributed by atoms with Crippen LogP contribution in [0.15, 0.2) is 42.6 Å². The second-order valence-corrected chi connectivity index (χ2v) is 6.57.